The van der Waals surface area contributed by atoms with Gasteiger partial charge in [0.25, 0.3) is 0 Å². The van der Waals surface area contributed by atoms with E-state index in [2.05, 4.69) is 53.1 Å². The minimum absolute atomic E-state index is 0.251. The predicted molar refractivity (Wildman–Crippen MR) is 69.7 cm³/mol. The van der Waals surface area contributed by atoms with Gasteiger partial charge in [0, 0.05) is 6.42 Å². The molecule has 0 radical (unpaired) electrons. The van der Waals surface area contributed by atoms with E-state index in [4.69, 9.17) is 0 Å². The van der Waals surface area contributed by atoms with Crippen LogP contribution in [0.25, 0.3) is 0 Å². The van der Waals surface area contributed by atoms with Crippen LogP contribution in [-0.4, -0.2) is 6.17 Å². The number of benzene rings is 1. The summed E-state index contributed by atoms with van der Waals surface area (Å²) in [7, 11) is 0. The molecular formula is C13H22N4. The van der Waals surface area contributed by atoms with Crippen LogP contribution < -0.4 is 21.9 Å². The van der Waals surface area contributed by atoms with Gasteiger partial charge in [0.05, 0.1) is 6.17 Å². The highest BCUT2D eigenvalue weighted by atomic mass is 15.8. The molecule has 94 valence electrons. The Labute approximate surface area is 103 Å². The molecule has 1 heterocycles. The Morgan fingerprint density at radius 2 is 1.82 bits per heavy atom. The highest BCUT2D eigenvalue weighted by Gasteiger charge is 2.12. The first-order valence-electron chi connectivity index (χ1n) is 6.47. The molecule has 0 saturated carbocycles. The Hall–Kier alpha value is -0.940. The Balaban J connectivity index is 1.86. The summed E-state index contributed by atoms with van der Waals surface area (Å²) in [6, 6.07) is 8.89. The molecule has 1 aromatic carbocycles. The lowest BCUT2D eigenvalue weighted by Crippen LogP contribution is -2.35. The summed E-state index contributed by atoms with van der Waals surface area (Å²) in [5, 5.41) is 0. The predicted octanol–water partition coefficient (Wildman–Crippen LogP) is 1.40. The molecule has 1 saturated heterocycles. The molecule has 17 heavy (non-hydrogen) atoms. The topological polar surface area (TPSA) is 48.1 Å². The SMILES string of the molecule is CCCCCc1cccc(CC2NNNN2)c1. The number of hydrogen-bond acceptors (Lipinski definition) is 4. The third-order valence-electron chi connectivity index (χ3n) is 3.06. The molecule has 2 rings (SSSR count). The highest BCUT2D eigenvalue weighted by molar-refractivity contribution is 5.24. The minimum atomic E-state index is 0.251. The fourth-order valence-corrected chi connectivity index (χ4v) is 2.11. The molecule has 0 unspecified atom stereocenters. The number of unbranched alkanes of at least 4 members (excludes halogenated alkanes) is 2. The summed E-state index contributed by atoms with van der Waals surface area (Å²) < 4.78 is 0. The minimum Gasteiger partial charge on any atom is -0.224 e. The second-order valence-electron chi connectivity index (χ2n) is 4.57. The Kier molecular flexibility index (Phi) is 4.94. The smallest absolute Gasteiger partial charge is 0.0899 e. The van der Waals surface area contributed by atoms with Crippen LogP contribution in [0, 0.1) is 0 Å². The first-order chi connectivity index (χ1) is 8.38. The van der Waals surface area contributed by atoms with Gasteiger partial charge in [0.1, 0.15) is 0 Å². The van der Waals surface area contributed by atoms with Crippen LogP contribution >= 0.6 is 0 Å². The van der Waals surface area contributed by atoms with Gasteiger partial charge in [-0.25, -0.2) is 10.9 Å². The van der Waals surface area contributed by atoms with E-state index in [1.165, 1.54) is 36.8 Å². The summed E-state index contributed by atoms with van der Waals surface area (Å²) in [5.41, 5.74) is 14.7. The molecular weight excluding hydrogens is 212 g/mol. The molecule has 4 heteroatoms. The normalized spacial score (nSPS) is 16.5. The van der Waals surface area contributed by atoms with Gasteiger partial charge in [0.15, 0.2) is 0 Å². The number of hydrogen-bond donors (Lipinski definition) is 4. The molecule has 1 aliphatic heterocycles. The zero-order valence-electron chi connectivity index (χ0n) is 10.4. The van der Waals surface area contributed by atoms with Gasteiger partial charge in [-0.1, -0.05) is 44.0 Å². The van der Waals surface area contributed by atoms with Crippen molar-refractivity contribution in [2.75, 3.05) is 0 Å². The Morgan fingerprint density at radius 3 is 2.59 bits per heavy atom. The van der Waals surface area contributed by atoms with Gasteiger partial charge >= 0.3 is 0 Å². The fourth-order valence-electron chi connectivity index (χ4n) is 2.11. The van der Waals surface area contributed by atoms with E-state index >= 15 is 0 Å². The first kappa shape index (κ1) is 12.5. The first-order valence-corrected chi connectivity index (χ1v) is 6.47. The molecule has 1 aromatic rings. The maximum Gasteiger partial charge on any atom is 0.0899 e. The van der Waals surface area contributed by atoms with Crippen LogP contribution in [0.15, 0.2) is 24.3 Å². The van der Waals surface area contributed by atoms with Gasteiger partial charge in [-0.3, -0.25) is 0 Å². The number of rotatable bonds is 6. The van der Waals surface area contributed by atoms with Gasteiger partial charge in [-0.15, -0.1) is 0 Å². The lowest BCUT2D eigenvalue weighted by atomic mass is 10.0. The summed E-state index contributed by atoms with van der Waals surface area (Å²) in [6.45, 7) is 2.24. The molecule has 0 bridgehead atoms. The quantitative estimate of drug-likeness (QED) is 0.562. The lowest BCUT2D eigenvalue weighted by molar-refractivity contribution is 0.522. The van der Waals surface area contributed by atoms with Crippen molar-refractivity contribution in [3.05, 3.63) is 35.4 Å². The molecule has 0 aromatic heterocycles. The van der Waals surface area contributed by atoms with Gasteiger partial charge in [-0.05, 0) is 24.0 Å². The third-order valence-corrected chi connectivity index (χ3v) is 3.06. The summed E-state index contributed by atoms with van der Waals surface area (Å²) in [4.78, 5) is 0. The van der Waals surface area contributed by atoms with E-state index in [9.17, 15) is 0 Å². The standard InChI is InChI=1S/C13H22N4/c1-2-3-4-6-11-7-5-8-12(9-11)10-13-14-16-17-15-13/h5,7-9,13-17H,2-4,6,10H2,1H3. The van der Waals surface area contributed by atoms with Gasteiger partial charge in [-0.2, -0.15) is 11.1 Å². The maximum absolute atomic E-state index is 3.10. The third kappa shape index (κ3) is 4.09. The molecule has 1 fully saturated rings. The largest absolute Gasteiger partial charge is 0.224 e. The van der Waals surface area contributed by atoms with Crippen LogP contribution in [-0.2, 0) is 12.8 Å². The zero-order chi connectivity index (χ0) is 11.9. The Bertz CT molecular complexity index is 334. The van der Waals surface area contributed by atoms with Crippen LogP contribution in [0.2, 0.25) is 0 Å². The van der Waals surface area contributed by atoms with Crippen LogP contribution in [0.1, 0.15) is 37.3 Å². The monoisotopic (exact) mass is 234 g/mol. The second-order valence-corrected chi connectivity index (χ2v) is 4.57. The van der Waals surface area contributed by atoms with E-state index in [1.807, 2.05) is 0 Å². The molecule has 4 nitrogen and oxygen atoms in total. The van der Waals surface area contributed by atoms with E-state index in [0.717, 1.165) is 6.42 Å². The molecule has 0 spiro atoms. The lowest BCUT2D eigenvalue weighted by Gasteiger charge is -2.10. The summed E-state index contributed by atoms with van der Waals surface area (Å²) >= 11 is 0. The fraction of sp³-hybridized carbons (Fsp3) is 0.538. The van der Waals surface area contributed by atoms with Crippen molar-refractivity contribution in [1.29, 1.82) is 0 Å². The summed E-state index contributed by atoms with van der Waals surface area (Å²) in [6.07, 6.45) is 6.33. The average Bonchev–Trinajstić information content (AvgIpc) is 2.83. The number of hydrazine groups is 3. The maximum atomic E-state index is 3.10. The van der Waals surface area contributed by atoms with Crippen molar-refractivity contribution in [2.24, 2.45) is 0 Å². The second kappa shape index (κ2) is 6.71. The van der Waals surface area contributed by atoms with E-state index in [0.29, 0.717) is 0 Å². The van der Waals surface area contributed by atoms with Gasteiger partial charge in [0.2, 0.25) is 0 Å². The van der Waals surface area contributed by atoms with Crippen molar-refractivity contribution in [3.63, 3.8) is 0 Å². The van der Waals surface area contributed by atoms with Crippen molar-refractivity contribution < 1.29 is 0 Å². The summed E-state index contributed by atoms with van der Waals surface area (Å²) in [5.74, 6) is 0. The molecule has 4 N–H and O–H groups in total. The van der Waals surface area contributed by atoms with Crippen molar-refractivity contribution in [3.8, 4) is 0 Å². The number of nitrogens with one attached hydrogen (secondary N) is 4. The number of aryl methyl sites for hydroxylation is 1. The average molecular weight is 234 g/mol. The molecule has 0 aliphatic carbocycles. The van der Waals surface area contributed by atoms with Gasteiger partial charge < -0.3 is 0 Å². The molecule has 0 amide bonds. The van der Waals surface area contributed by atoms with Crippen LogP contribution in [0.5, 0.6) is 0 Å². The molecule has 0 atom stereocenters. The highest BCUT2D eigenvalue weighted by Crippen LogP contribution is 2.11. The van der Waals surface area contributed by atoms with Crippen molar-refractivity contribution in [2.45, 2.75) is 45.2 Å². The van der Waals surface area contributed by atoms with E-state index < -0.39 is 0 Å². The van der Waals surface area contributed by atoms with Crippen molar-refractivity contribution >= 4 is 0 Å². The van der Waals surface area contributed by atoms with E-state index in [-0.39, 0.29) is 6.17 Å². The zero-order valence-corrected chi connectivity index (χ0v) is 10.4. The van der Waals surface area contributed by atoms with Crippen LogP contribution in [0.4, 0.5) is 0 Å². The molecule has 1 aliphatic rings. The Morgan fingerprint density at radius 1 is 1.06 bits per heavy atom. The van der Waals surface area contributed by atoms with Crippen LogP contribution in [0.3, 0.4) is 0 Å². The van der Waals surface area contributed by atoms with Crippen molar-refractivity contribution in [1.82, 2.24) is 21.9 Å². The van der Waals surface area contributed by atoms with E-state index in [1.54, 1.807) is 0 Å².